The molecule has 1 aromatic carbocycles. The fraction of sp³-hybridized carbons (Fsp3) is 0. The second-order valence-electron chi connectivity index (χ2n) is 4.23. The number of rotatable bonds is 1. The van der Waals surface area contributed by atoms with Crippen LogP contribution in [0.25, 0.3) is 22.3 Å². The number of nitrogens with zero attached hydrogens (tertiary/aromatic N) is 3. The van der Waals surface area contributed by atoms with Crippen molar-refractivity contribution in [1.29, 1.82) is 0 Å². The molecule has 0 atom stereocenters. The molecule has 0 bridgehead atoms. The zero-order valence-corrected chi connectivity index (χ0v) is 12.4. The molecule has 0 amide bonds. The van der Waals surface area contributed by atoms with Gasteiger partial charge >= 0.3 is 0 Å². The number of hydrogen-bond acceptors (Lipinski definition) is 4. The molecule has 0 aliphatic heterocycles. The van der Waals surface area contributed by atoms with E-state index in [4.69, 9.17) is 5.73 Å². The molecule has 6 heteroatoms. The third-order valence-electron chi connectivity index (χ3n) is 2.80. The Morgan fingerprint density at radius 2 is 1.89 bits per heavy atom. The first kappa shape index (κ1) is 12.3. The molecule has 0 aliphatic rings. The minimum absolute atomic E-state index is 0.426. The van der Waals surface area contributed by atoms with E-state index in [2.05, 4.69) is 43.6 Å². The van der Waals surface area contributed by atoms with Gasteiger partial charge in [0.15, 0.2) is 13.7 Å². The lowest BCUT2D eigenvalue weighted by atomic mass is 10.1. The smallest absolute Gasteiger partial charge is 0.189 e. The minimum Gasteiger partial charge on any atom is -0.382 e. The Labute approximate surface area is 125 Å². The summed E-state index contributed by atoms with van der Waals surface area (Å²) < 4.78 is 1.17. The van der Waals surface area contributed by atoms with E-state index in [-0.39, 0.29) is 0 Å². The van der Waals surface area contributed by atoms with E-state index in [1.54, 1.807) is 0 Å². The largest absolute Gasteiger partial charge is 0.382 e. The lowest BCUT2D eigenvalue weighted by Gasteiger charge is -2.06. The SMILES string of the molecule is Bc1nc(N)c2nc(-c3cccc(I)c3)ccc2n1. The molecule has 3 aromatic rings. The Morgan fingerprint density at radius 3 is 2.68 bits per heavy atom. The van der Waals surface area contributed by atoms with E-state index in [1.807, 2.05) is 38.2 Å². The van der Waals surface area contributed by atoms with E-state index in [1.165, 1.54) is 3.57 Å². The number of anilines is 1. The number of hydrogen-bond donors (Lipinski definition) is 1. The molecule has 92 valence electrons. The fourth-order valence-electron chi connectivity index (χ4n) is 1.97. The molecule has 0 saturated heterocycles. The highest BCUT2D eigenvalue weighted by atomic mass is 127. The number of benzene rings is 1. The van der Waals surface area contributed by atoms with Gasteiger partial charge < -0.3 is 5.73 Å². The number of nitrogen functional groups attached to an aromatic ring is 1. The summed E-state index contributed by atoms with van der Waals surface area (Å²) in [6, 6.07) is 12.1. The second-order valence-corrected chi connectivity index (χ2v) is 5.48. The molecule has 0 radical (unpaired) electrons. The molecule has 2 N–H and O–H groups in total. The molecule has 0 saturated carbocycles. The van der Waals surface area contributed by atoms with Gasteiger partial charge in [0.05, 0.1) is 16.9 Å². The maximum absolute atomic E-state index is 5.92. The van der Waals surface area contributed by atoms with Gasteiger partial charge in [-0.2, -0.15) is 0 Å². The number of halogens is 1. The van der Waals surface area contributed by atoms with Crippen LogP contribution in [-0.2, 0) is 0 Å². The normalized spacial score (nSPS) is 10.8. The first-order valence-corrected chi connectivity index (χ1v) is 6.88. The van der Waals surface area contributed by atoms with Gasteiger partial charge in [0.1, 0.15) is 5.52 Å². The molecule has 2 aromatic heterocycles. The van der Waals surface area contributed by atoms with Crippen LogP contribution >= 0.6 is 22.6 Å². The first-order valence-electron chi connectivity index (χ1n) is 5.80. The highest BCUT2D eigenvalue weighted by Gasteiger charge is 2.07. The van der Waals surface area contributed by atoms with Crippen molar-refractivity contribution in [3.05, 3.63) is 40.0 Å². The predicted molar refractivity (Wildman–Crippen MR) is 88.1 cm³/mol. The van der Waals surface area contributed by atoms with Gasteiger partial charge in [0.25, 0.3) is 0 Å². The van der Waals surface area contributed by atoms with Crippen LogP contribution in [0.1, 0.15) is 0 Å². The molecule has 0 unspecified atom stereocenters. The summed E-state index contributed by atoms with van der Waals surface area (Å²) in [5, 5.41) is 0. The van der Waals surface area contributed by atoms with Crippen LogP contribution in [-0.4, -0.2) is 22.8 Å². The van der Waals surface area contributed by atoms with Crippen molar-refractivity contribution in [2.24, 2.45) is 0 Å². The molecular formula is C13H10BIN4. The molecule has 4 nitrogen and oxygen atoms in total. The van der Waals surface area contributed by atoms with Crippen molar-refractivity contribution >= 4 is 53.0 Å². The zero-order chi connectivity index (χ0) is 13.4. The lowest BCUT2D eigenvalue weighted by Crippen LogP contribution is -2.15. The van der Waals surface area contributed by atoms with Crippen molar-refractivity contribution < 1.29 is 0 Å². The average molecular weight is 360 g/mol. The fourth-order valence-corrected chi connectivity index (χ4v) is 2.51. The van der Waals surface area contributed by atoms with Crippen LogP contribution in [0.15, 0.2) is 36.4 Å². The average Bonchev–Trinajstić information content (AvgIpc) is 2.38. The van der Waals surface area contributed by atoms with Crippen LogP contribution in [0.5, 0.6) is 0 Å². The molecule has 3 rings (SSSR count). The third-order valence-corrected chi connectivity index (χ3v) is 3.47. The van der Waals surface area contributed by atoms with E-state index in [9.17, 15) is 0 Å². The molecule has 2 heterocycles. The highest BCUT2D eigenvalue weighted by Crippen LogP contribution is 2.22. The molecule has 19 heavy (non-hydrogen) atoms. The van der Waals surface area contributed by atoms with Gasteiger partial charge in [0.2, 0.25) is 0 Å². The predicted octanol–water partition coefficient (Wildman–Crippen LogP) is 1.14. The highest BCUT2D eigenvalue weighted by molar-refractivity contribution is 14.1. The Kier molecular flexibility index (Phi) is 3.10. The molecular weight excluding hydrogens is 350 g/mol. The zero-order valence-electron chi connectivity index (χ0n) is 10.3. The number of aromatic nitrogens is 3. The molecule has 0 fully saturated rings. The number of nitrogens with two attached hydrogens (primary N) is 1. The van der Waals surface area contributed by atoms with Gasteiger partial charge in [-0.25, -0.2) is 15.0 Å². The van der Waals surface area contributed by atoms with Gasteiger partial charge in [0, 0.05) is 9.13 Å². The minimum atomic E-state index is 0.426. The van der Waals surface area contributed by atoms with E-state index in [0.717, 1.165) is 16.8 Å². The summed E-state index contributed by atoms with van der Waals surface area (Å²) in [7, 11) is 1.82. The van der Waals surface area contributed by atoms with Crippen LogP contribution in [0, 0.1) is 3.57 Å². The van der Waals surface area contributed by atoms with Crippen LogP contribution < -0.4 is 11.5 Å². The van der Waals surface area contributed by atoms with Crippen molar-refractivity contribution in [2.45, 2.75) is 0 Å². The van der Waals surface area contributed by atoms with E-state index < -0.39 is 0 Å². The first-order chi connectivity index (χ1) is 9.13. The topological polar surface area (TPSA) is 64.7 Å². The van der Waals surface area contributed by atoms with Crippen molar-refractivity contribution in [2.75, 3.05) is 5.73 Å². The van der Waals surface area contributed by atoms with E-state index >= 15 is 0 Å². The standard InChI is InChI=1S/C13H10BIN4/c14-13-18-10-5-4-9(17-11(10)12(16)19-13)7-2-1-3-8(15)6-7/h1-6H,14H2,(H2,16,18,19). The van der Waals surface area contributed by atoms with Crippen molar-refractivity contribution in [3.63, 3.8) is 0 Å². The van der Waals surface area contributed by atoms with Gasteiger partial charge in [-0.05, 0) is 46.9 Å². The Morgan fingerprint density at radius 1 is 1.05 bits per heavy atom. The summed E-state index contributed by atoms with van der Waals surface area (Å²) >= 11 is 2.28. The summed E-state index contributed by atoms with van der Waals surface area (Å²) in [6.45, 7) is 0. The summed E-state index contributed by atoms with van der Waals surface area (Å²) in [5.74, 6) is 0.426. The van der Waals surface area contributed by atoms with Crippen molar-refractivity contribution in [1.82, 2.24) is 15.0 Å². The van der Waals surface area contributed by atoms with Gasteiger partial charge in [-0.1, -0.05) is 12.1 Å². The summed E-state index contributed by atoms with van der Waals surface area (Å²) in [4.78, 5) is 13.1. The van der Waals surface area contributed by atoms with Crippen LogP contribution in [0.4, 0.5) is 5.82 Å². The maximum atomic E-state index is 5.92. The second kappa shape index (κ2) is 4.77. The lowest BCUT2D eigenvalue weighted by molar-refractivity contribution is 1.26. The van der Waals surface area contributed by atoms with Crippen LogP contribution in [0.2, 0.25) is 0 Å². The van der Waals surface area contributed by atoms with Gasteiger partial charge in [-0.3, -0.25) is 0 Å². The molecule has 0 aliphatic carbocycles. The Balaban J connectivity index is 2.22. The molecule has 0 spiro atoms. The summed E-state index contributed by atoms with van der Waals surface area (Å²) in [6.07, 6.45) is 0. The summed E-state index contributed by atoms with van der Waals surface area (Å²) in [5.41, 5.74) is 9.96. The van der Waals surface area contributed by atoms with E-state index in [0.29, 0.717) is 17.1 Å². The van der Waals surface area contributed by atoms with Crippen molar-refractivity contribution in [3.8, 4) is 11.3 Å². The Hall–Kier alpha value is -1.70. The monoisotopic (exact) mass is 360 g/mol. The third kappa shape index (κ3) is 2.40. The Bertz CT molecular complexity index is 776. The maximum Gasteiger partial charge on any atom is 0.189 e. The quantitative estimate of drug-likeness (QED) is 0.522. The number of fused-ring (bicyclic) bond motifs is 1. The number of pyridine rings is 1. The van der Waals surface area contributed by atoms with Gasteiger partial charge in [-0.15, -0.1) is 0 Å². The van der Waals surface area contributed by atoms with Crippen LogP contribution in [0.3, 0.4) is 0 Å².